The van der Waals surface area contributed by atoms with Gasteiger partial charge in [0.05, 0.1) is 17.7 Å². The van der Waals surface area contributed by atoms with Crippen molar-refractivity contribution in [3.05, 3.63) is 48.2 Å². The Hall–Kier alpha value is -2.27. The number of esters is 1. The molecule has 0 unspecified atom stereocenters. The van der Waals surface area contributed by atoms with Crippen LogP contribution in [0.2, 0.25) is 0 Å². The summed E-state index contributed by atoms with van der Waals surface area (Å²) >= 11 is 0. The van der Waals surface area contributed by atoms with Gasteiger partial charge in [-0.05, 0) is 25.6 Å². The van der Waals surface area contributed by atoms with Gasteiger partial charge in [-0.15, -0.1) is 0 Å². The molecule has 0 atom stereocenters. The van der Waals surface area contributed by atoms with Gasteiger partial charge in [0.2, 0.25) is 0 Å². The van der Waals surface area contributed by atoms with Crippen LogP contribution in [0.4, 0.5) is 0 Å². The summed E-state index contributed by atoms with van der Waals surface area (Å²) in [5.41, 5.74) is 0.633. The van der Waals surface area contributed by atoms with E-state index >= 15 is 0 Å². The van der Waals surface area contributed by atoms with Crippen molar-refractivity contribution >= 4 is 17.8 Å². The number of fused-ring (bicyclic) bond motifs is 1. The summed E-state index contributed by atoms with van der Waals surface area (Å²) in [5.74, 6) is -1.48. The van der Waals surface area contributed by atoms with Crippen molar-refractivity contribution in [2.75, 3.05) is 13.2 Å². The number of hydrogen-bond donors (Lipinski definition) is 0. The fourth-order valence-corrected chi connectivity index (χ4v) is 2.16. The lowest BCUT2D eigenvalue weighted by Crippen LogP contribution is -2.51. The molecule has 0 fully saturated rings. The first-order valence-corrected chi connectivity index (χ1v) is 5.92. The Bertz CT molecular complexity index is 542. The van der Waals surface area contributed by atoms with Crippen LogP contribution in [-0.2, 0) is 9.53 Å². The van der Waals surface area contributed by atoms with E-state index in [-0.39, 0.29) is 13.2 Å². The highest BCUT2D eigenvalue weighted by atomic mass is 16.5. The molecule has 2 amide bonds. The van der Waals surface area contributed by atoms with E-state index < -0.39 is 22.3 Å². The third-order valence-electron chi connectivity index (χ3n) is 3.11. The van der Waals surface area contributed by atoms with E-state index in [0.29, 0.717) is 11.1 Å². The molecule has 1 aromatic rings. The maximum atomic E-state index is 12.4. The predicted octanol–water partition coefficient (Wildman–Crippen LogP) is 1.50. The van der Waals surface area contributed by atoms with Crippen molar-refractivity contribution in [2.24, 2.45) is 0 Å². The van der Waals surface area contributed by atoms with Crippen LogP contribution in [-0.4, -0.2) is 35.4 Å². The van der Waals surface area contributed by atoms with Crippen LogP contribution in [0.5, 0.6) is 0 Å². The van der Waals surface area contributed by atoms with Crippen LogP contribution >= 0.6 is 0 Å². The number of carbonyl (C=O) groups excluding carboxylic acids is 3. The number of rotatable bonds is 4. The molecular weight excluding hydrogens is 246 g/mol. The summed E-state index contributed by atoms with van der Waals surface area (Å²) in [5, 5.41) is 0. The molecule has 0 aromatic heterocycles. The van der Waals surface area contributed by atoms with Crippen molar-refractivity contribution in [2.45, 2.75) is 6.92 Å². The van der Waals surface area contributed by atoms with Crippen LogP contribution in [0.25, 0.3) is 0 Å². The van der Waals surface area contributed by atoms with Gasteiger partial charge < -0.3 is 4.74 Å². The molecule has 19 heavy (non-hydrogen) atoms. The minimum Gasteiger partial charge on any atom is -0.462 e. The number of ether oxygens (including phenoxy) is 1. The standard InChI is InChI=1S/C14H14NO4/c1-3-15(9-12(16)19-4-2)13(17)10-7-5-6-8-11(10)14(15)18/h3,5-8H,1,4,9H2,2H3/q+1. The molecule has 5 heteroatoms. The van der Waals surface area contributed by atoms with Gasteiger partial charge in [-0.25, -0.2) is 14.4 Å². The molecule has 0 aliphatic carbocycles. The molecule has 0 N–H and O–H groups in total. The highest BCUT2D eigenvalue weighted by Gasteiger charge is 2.53. The fraction of sp³-hybridized carbons (Fsp3) is 0.214. The number of hydrogen-bond acceptors (Lipinski definition) is 4. The number of nitrogens with zero attached hydrogens (tertiary/aromatic N) is 1. The lowest BCUT2D eigenvalue weighted by atomic mass is 10.1. The summed E-state index contributed by atoms with van der Waals surface area (Å²) in [7, 11) is 0. The number of amides is 2. The van der Waals surface area contributed by atoms with Crippen molar-refractivity contribution in [1.29, 1.82) is 0 Å². The lowest BCUT2D eigenvalue weighted by Gasteiger charge is -2.22. The zero-order chi connectivity index (χ0) is 14.0. The first-order chi connectivity index (χ1) is 9.06. The van der Waals surface area contributed by atoms with Gasteiger partial charge in [0.25, 0.3) is 0 Å². The minimum absolute atomic E-state index is 0.200. The Morgan fingerprint density at radius 1 is 1.26 bits per heavy atom. The average Bonchev–Trinajstić information content (AvgIpc) is 2.62. The average molecular weight is 260 g/mol. The Balaban J connectivity index is 2.44. The zero-order valence-corrected chi connectivity index (χ0v) is 10.6. The summed E-state index contributed by atoms with van der Waals surface area (Å²) < 4.78 is 4.08. The molecule has 1 aliphatic heterocycles. The molecular formula is C14H14NO4+. The van der Waals surface area contributed by atoms with Crippen molar-refractivity contribution in [3.63, 3.8) is 0 Å². The topological polar surface area (TPSA) is 60.4 Å². The van der Waals surface area contributed by atoms with Crippen molar-refractivity contribution in [1.82, 2.24) is 0 Å². The van der Waals surface area contributed by atoms with Crippen LogP contribution in [0.1, 0.15) is 27.6 Å². The van der Waals surface area contributed by atoms with Gasteiger partial charge >= 0.3 is 17.8 Å². The molecule has 0 saturated carbocycles. The number of carbonyl (C=O) groups is 3. The molecule has 1 heterocycles. The molecule has 1 aromatic carbocycles. The summed E-state index contributed by atoms with van der Waals surface area (Å²) in [4.78, 5) is 36.4. The first kappa shape index (κ1) is 13.2. The molecule has 0 saturated heterocycles. The van der Waals surface area contributed by atoms with Crippen LogP contribution < -0.4 is 0 Å². The Morgan fingerprint density at radius 3 is 2.21 bits per heavy atom. The molecule has 98 valence electrons. The summed E-state index contributed by atoms with van der Waals surface area (Å²) in [6, 6.07) is 6.50. The molecule has 2 rings (SSSR count). The summed E-state index contributed by atoms with van der Waals surface area (Å²) in [6.45, 7) is 5.04. The summed E-state index contributed by atoms with van der Waals surface area (Å²) in [6.07, 6.45) is 1.20. The highest BCUT2D eigenvalue weighted by Crippen LogP contribution is 2.30. The van der Waals surface area contributed by atoms with E-state index in [9.17, 15) is 14.4 Å². The lowest BCUT2D eigenvalue weighted by molar-refractivity contribution is -0.697. The van der Waals surface area contributed by atoms with E-state index in [1.165, 1.54) is 6.20 Å². The predicted molar refractivity (Wildman–Crippen MR) is 67.1 cm³/mol. The molecule has 0 radical (unpaired) electrons. The van der Waals surface area contributed by atoms with Crippen LogP contribution in [0.15, 0.2) is 37.0 Å². The van der Waals surface area contributed by atoms with E-state index in [2.05, 4.69) is 6.58 Å². The van der Waals surface area contributed by atoms with Gasteiger partial charge in [0.15, 0.2) is 6.54 Å². The van der Waals surface area contributed by atoms with Crippen LogP contribution in [0.3, 0.4) is 0 Å². The quantitative estimate of drug-likeness (QED) is 0.467. The molecule has 1 aliphatic rings. The molecule has 5 nitrogen and oxygen atoms in total. The molecule has 0 spiro atoms. The van der Waals surface area contributed by atoms with Gasteiger partial charge in [0.1, 0.15) is 6.20 Å². The zero-order valence-electron chi connectivity index (χ0n) is 10.6. The second-order valence-electron chi connectivity index (χ2n) is 4.17. The van der Waals surface area contributed by atoms with Gasteiger partial charge in [-0.2, -0.15) is 4.48 Å². The third kappa shape index (κ3) is 1.88. The molecule has 0 bridgehead atoms. The number of quaternary nitrogens is 1. The monoisotopic (exact) mass is 260 g/mol. The SMILES string of the molecule is C=C[N+]1(CC(=O)OCC)C(=O)c2ccccc2C1=O. The number of imide groups is 1. The van der Waals surface area contributed by atoms with E-state index in [4.69, 9.17) is 4.74 Å². The first-order valence-electron chi connectivity index (χ1n) is 5.92. The third-order valence-corrected chi connectivity index (χ3v) is 3.11. The second kappa shape index (κ2) is 4.78. The normalized spacial score (nSPS) is 16.1. The Labute approximate surface area is 110 Å². The van der Waals surface area contributed by atoms with E-state index in [1.807, 2.05) is 0 Å². The van der Waals surface area contributed by atoms with Crippen molar-refractivity contribution < 1.29 is 23.6 Å². The van der Waals surface area contributed by atoms with E-state index in [0.717, 1.165) is 0 Å². The van der Waals surface area contributed by atoms with E-state index in [1.54, 1.807) is 31.2 Å². The largest absolute Gasteiger partial charge is 0.462 e. The Morgan fingerprint density at radius 2 is 1.79 bits per heavy atom. The maximum Gasteiger partial charge on any atom is 0.363 e. The highest BCUT2D eigenvalue weighted by molar-refractivity contribution is 6.14. The van der Waals surface area contributed by atoms with Gasteiger partial charge in [-0.1, -0.05) is 12.1 Å². The van der Waals surface area contributed by atoms with Gasteiger partial charge in [0, 0.05) is 0 Å². The van der Waals surface area contributed by atoms with Gasteiger partial charge in [-0.3, -0.25) is 0 Å². The maximum absolute atomic E-state index is 12.4. The second-order valence-corrected chi connectivity index (χ2v) is 4.17. The fourth-order valence-electron chi connectivity index (χ4n) is 2.16. The van der Waals surface area contributed by atoms with Crippen LogP contribution in [0, 0.1) is 0 Å². The van der Waals surface area contributed by atoms with Crippen molar-refractivity contribution in [3.8, 4) is 0 Å². The minimum atomic E-state index is -0.738. The number of benzene rings is 1. The smallest absolute Gasteiger partial charge is 0.363 e. The Kier molecular flexibility index (Phi) is 3.31.